The summed E-state index contributed by atoms with van der Waals surface area (Å²) in [4.78, 5) is 0. The normalized spacial score (nSPS) is 18.5. The van der Waals surface area contributed by atoms with Gasteiger partial charge in [0.25, 0.3) is 0 Å². The molecule has 1 N–H and O–H groups in total. The van der Waals surface area contributed by atoms with Crippen LogP contribution in [0.5, 0.6) is 0 Å². The minimum atomic E-state index is 0.659. The number of hydrogen-bond acceptors (Lipinski definition) is 2. The average molecular weight is 193 g/mol. The summed E-state index contributed by atoms with van der Waals surface area (Å²) in [5.74, 6) is 1.54. The van der Waals surface area contributed by atoms with E-state index in [1.165, 1.54) is 18.5 Å². The molecule has 1 aromatic heterocycles. The van der Waals surface area contributed by atoms with Gasteiger partial charge in [-0.3, -0.25) is 4.68 Å². The maximum absolute atomic E-state index is 4.41. The number of aryl methyl sites for hydroxylation is 2. The molecular formula is C11H19N3. The van der Waals surface area contributed by atoms with Crippen molar-refractivity contribution in [2.75, 3.05) is 13.6 Å². The van der Waals surface area contributed by atoms with Gasteiger partial charge in [-0.15, -0.1) is 0 Å². The lowest BCUT2D eigenvalue weighted by Gasteiger charge is -2.15. The highest BCUT2D eigenvalue weighted by atomic mass is 15.3. The number of aromatic nitrogens is 2. The summed E-state index contributed by atoms with van der Waals surface area (Å²) in [7, 11) is 4.08. The molecule has 1 fully saturated rings. The third-order valence-electron chi connectivity index (χ3n) is 3.03. The van der Waals surface area contributed by atoms with Crippen LogP contribution in [0.25, 0.3) is 0 Å². The molecule has 0 saturated heterocycles. The van der Waals surface area contributed by atoms with Crippen LogP contribution in [-0.4, -0.2) is 23.4 Å². The first-order valence-electron chi connectivity index (χ1n) is 5.37. The second-order valence-electron chi connectivity index (χ2n) is 4.34. The van der Waals surface area contributed by atoms with E-state index >= 15 is 0 Å². The SMILES string of the molecule is CNCC(c1cc(C)nn1C)C1CC1. The number of nitrogens with zero attached hydrogens (tertiary/aromatic N) is 2. The maximum Gasteiger partial charge on any atom is 0.0596 e. The molecule has 3 heteroatoms. The highest BCUT2D eigenvalue weighted by Gasteiger charge is 2.33. The molecular weight excluding hydrogens is 174 g/mol. The van der Waals surface area contributed by atoms with Crippen molar-refractivity contribution in [3.63, 3.8) is 0 Å². The highest BCUT2D eigenvalue weighted by molar-refractivity contribution is 5.17. The largest absolute Gasteiger partial charge is 0.319 e. The number of rotatable bonds is 4. The Bertz CT molecular complexity index is 312. The van der Waals surface area contributed by atoms with E-state index in [-0.39, 0.29) is 0 Å². The zero-order chi connectivity index (χ0) is 10.1. The van der Waals surface area contributed by atoms with Crippen LogP contribution < -0.4 is 5.32 Å². The fourth-order valence-electron chi connectivity index (χ4n) is 2.21. The van der Waals surface area contributed by atoms with Gasteiger partial charge < -0.3 is 5.32 Å². The molecule has 0 radical (unpaired) electrons. The number of hydrogen-bond donors (Lipinski definition) is 1. The Balaban J connectivity index is 2.20. The van der Waals surface area contributed by atoms with Gasteiger partial charge in [-0.2, -0.15) is 5.10 Å². The molecule has 0 spiro atoms. The van der Waals surface area contributed by atoms with Crippen molar-refractivity contribution < 1.29 is 0 Å². The molecule has 1 aliphatic carbocycles. The van der Waals surface area contributed by atoms with Crippen LogP contribution >= 0.6 is 0 Å². The van der Waals surface area contributed by atoms with Crippen LogP contribution in [0.1, 0.15) is 30.1 Å². The van der Waals surface area contributed by atoms with Crippen molar-refractivity contribution >= 4 is 0 Å². The van der Waals surface area contributed by atoms with Crippen molar-refractivity contribution in [3.8, 4) is 0 Å². The smallest absolute Gasteiger partial charge is 0.0596 e. The minimum absolute atomic E-state index is 0.659. The Hall–Kier alpha value is -0.830. The van der Waals surface area contributed by atoms with Gasteiger partial charge in [-0.05, 0) is 38.8 Å². The van der Waals surface area contributed by atoms with Gasteiger partial charge in [0.1, 0.15) is 0 Å². The van der Waals surface area contributed by atoms with Gasteiger partial charge in [0, 0.05) is 25.2 Å². The van der Waals surface area contributed by atoms with Gasteiger partial charge in [-0.25, -0.2) is 0 Å². The van der Waals surface area contributed by atoms with Gasteiger partial charge >= 0.3 is 0 Å². The molecule has 1 saturated carbocycles. The van der Waals surface area contributed by atoms with E-state index in [9.17, 15) is 0 Å². The number of nitrogens with one attached hydrogen (secondary N) is 1. The minimum Gasteiger partial charge on any atom is -0.319 e. The summed E-state index contributed by atoms with van der Waals surface area (Å²) in [6.45, 7) is 3.14. The molecule has 78 valence electrons. The predicted molar refractivity (Wildman–Crippen MR) is 57.3 cm³/mol. The van der Waals surface area contributed by atoms with E-state index in [1.807, 2.05) is 18.8 Å². The molecule has 14 heavy (non-hydrogen) atoms. The lowest BCUT2D eigenvalue weighted by Crippen LogP contribution is -2.21. The molecule has 0 aromatic carbocycles. The summed E-state index contributed by atoms with van der Waals surface area (Å²) < 4.78 is 2.04. The molecule has 2 rings (SSSR count). The fraction of sp³-hybridized carbons (Fsp3) is 0.727. The first kappa shape index (κ1) is 9.71. The maximum atomic E-state index is 4.41. The van der Waals surface area contributed by atoms with E-state index in [2.05, 4.69) is 23.4 Å². The molecule has 0 bridgehead atoms. The molecule has 1 aliphatic rings. The zero-order valence-corrected chi connectivity index (χ0v) is 9.25. The molecule has 1 heterocycles. The third-order valence-corrected chi connectivity index (χ3v) is 3.03. The second-order valence-corrected chi connectivity index (χ2v) is 4.34. The first-order chi connectivity index (χ1) is 6.72. The van der Waals surface area contributed by atoms with Crippen molar-refractivity contribution in [2.24, 2.45) is 13.0 Å². The lowest BCUT2D eigenvalue weighted by atomic mass is 9.99. The third kappa shape index (κ3) is 1.82. The quantitative estimate of drug-likeness (QED) is 0.784. The highest BCUT2D eigenvalue weighted by Crippen LogP contribution is 2.42. The first-order valence-corrected chi connectivity index (χ1v) is 5.37. The molecule has 3 nitrogen and oxygen atoms in total. The van der Waals surface area contributed by atoms with Crippen LogP contribution in [0.3, 0.4) is 0 Å². The van der Waals surface area contributed by atoms with E-state index in [4.69, 9.17) is 0 Å². The van der Waals surface area contributed by atoms with Crippen LogP contribution in [0.15, 0.2) is 6.07 Å². The van der Waals surface area contributed by atoms with Crippen molar-refractivity contribution in [1.82, 2.24) is 15.1 Å². The lowest BCUT2D eigenvalue weighted by molar-refractivity contribution is 0.522. The summed E-state index contributed by atoms with van der Waals surface area (Å²) >= 11 is 0. The Kier molecular flexibility index (Phi) is 2.59. The summed E-state index contributed by atoms with van der Waals surface area (Å²) in [6, 6.07) is 2.22. The summed E-state index contributed by atoms with van der Waals surface area (Å²) in [6.07, 6.45) is 2.77. The Labute approximate surface area is 85.5 Å². The second kappa shape index (κ2) is 3.73. The Morgan fingerprint density at radius 3 is 2.79 bits per heavy atom. The zero-order valence-electron chi connectivity index (χ0n) is 9.25. The summed E-state index contributed by atoms with van der Waals surface area (Å²) in [5, 5.41) is 7.70. The van der Waals surface area contributed by atoms with Gasteiger partial charge in [0.2, 0.25) is 0 Å². The Morgan fingerprint density at radius 2 is 2.36 bits per heavy atom. The van der Waals surface area contributed by atoms with E-state index in [1.54, 1.807) is 0 Å². The molecule has 0 aliphatic heterocycles. The fourth-order valence-corrected chi connectivity index (χ4v) is 2.21. The average Bonchev–Trinajstić information content (AvgIpc) is 2.89. The van der Waals surface area contributed by atoms with Crippen LogP contribution in [0.2, 0.25) is 0 Å². The van der Waals surface area contributed by atoms with Gasteiger partial charge in [0.15, 0.2) is 0 Å². The van der Waals surface area contributed by atoms with E-state index in [0.29, 0.717) is 5.92 Å². The Morgan fingerprint density at radius 1 is 1.64 bits per heavy atom. The van der Waals surface area contributed by atoms with Crippen LogP contribution in [-0.2, 0) is 7.05 Å². The topological polar surface area (TPSA) is 29.9 Å². The molecule has 0 amide bonds. The van der Waals surface area contributed by atoms with Crippen molar-refractivity contribution in [1.29, 1.82) is 0 Å². The summed E-state index contributed by atoms with van der Waals surface area (Å²) in [5.41, 5.74) is 2.52. The monoisotopic (exact) mass is 193 g/mol. The van der Waals surface area contributed by atoms with Gasteiger partial charge in [0.05, 0.1) is 5.69 Å². The van der Waals surface area contributed by atoms with Crippen LogP contribution in [0.4, 0.5) is 0 Å². The van der Waals surface area contributed by atoms with Crippen LogP contribution in [0, 0.1) is 12.8 Å². The van der Waals surface area contributed by atoms with E-state index < -0.39 is 0 Å². The molecule has 1 atom stereocenters. The van der Waals surface area contributed by atoms with Crippen molar-refractivity contribution in [2.45, 2.75) is 25.7 Å². The molecule has 1 unspecified atom stereocenters. The molecule has 1 aromatic rings. The van der Waals surface area contributed by atoms with Gasteiger partial charge in [-0.1, -0.05) is 0 Å². The number of likely N-dealkylation sites (N-methyl/N-ethyl adjacent to an activating group) is 1. The van der Waals surface area contributed by atoms with E-state index in [0.717, 1.165) is 18.2 Å². The predicted octanol–water partition coefficient (Wildman–Crippen LogP) is 1.44. The standard InChI is InChI=1S/C11H19N3/c1-8-6-11(14(3)13-8)10(7-12-2)9-4-5-9/h6,9-10,12H,4-5,7H2,1-3H3. The van der Waals surface area contributed by atoms with Crippen molar-refractivity contribution in [3.05, 3.63) is 17.5 Å².